The molecule has 0 aliphatic heterocycles. The number of hydrogen-bond donors (Lipinski definition) is 0. The SMILES string of the molecule is CN(C=CC=CC=C1c2ccccc2-c2ccccc21)c1ccccc1. The van der Waals surface area contributed by atoms with E-state index in [1.54, 1.807) is 0 Å². The van der Waals surface area contributed by atoms with Gasteiger partial charge in [-0.3, -0.25) is 0 Å². The van der Waals surface area contributed by atoms with Gasteiger partial charge in [-0.1, -0.05) is 85.0 Å². The van der Waals surface area contributed by atoms with E-state index >= 15 is 0 Å². The summed E-state index contributed by atoms with van der Waals surface area (Å²) in [5.74, 6) is 0. The molecule has 0 heterocycles. The van der Waals surface area contributed by atoms with E-state index in [2.05, 4.69) is 115 Å². The van der Waals surface area contributed by atoms with Gasteiger partial charge < -0.3 is 4.90 Å². The van der Waals surface area contributed by atoms with E-state index in [9.17, 15) is 0 Å². The lowest BCUT2D eigenvalue weighted by Gasteiger charge is -2.12. The zero-order valence-electron chi connectivity index (χ0n) is 14.8. The molecule has 0 unspecified atom stereocenters. The Morgan fingerprint density at radius 1 is 0.577 bits per heavy atom. The molecule has 1 aliphatic rings. The smallest absolute Gasteiger partial charge is 0.0403 e. The molecule has 0 fully saturated rings. The first-order chi connectivity index (χ1) is 12.8. The Kier molecular flexibility index (Phi) is 4.53. The molecule has 0 saturated heterocycles. The van der Waals surface area contributed by atoms with E-state index in [1.807, 2.05) is 6.07 Å². The fourth-order valence-corrected chi connectivity index (χ4v) is 3.37. The van der Waals surface area contributed by atoms with Gasteiger partial charge in [-0.25, -0.2) is 0 Å². The normalized spacial score (nSPS) is 12.4. The molecule has 0 bridgehead atoms. The van der Waals surface area contributed by atoms with Crippen molar-refractivity contribution < 1.29 is 0 Å². The largest absolute Gasteiger partial charge is 0.351 e. The average molecular weight is 335 g/mol. The van der Waals surface area contributed by atoms with Crippen LogP contribution in [-0.4, -0.2) is 7.05 Å². The zero-order chi connectivity index (χ0) is 17.8. The summed E-state index contributed by atoms with van der Waals surface area (Å²) in [6.07, 6.45) is 10.5. The second-order valence-electron chi connectivity index (χ2n) is 6.34. The molecule has 26 heavy (non-hydrogen) atoms. The fraction of sp³-hybridized carbons (Fsp3) is 0.0400. The van der Waals surface area contributed by atoms with Crippen LogP contribution in [0.25, 0.3) is 16.7 Å². The maximum absolute atomic E-state index is 2.21. The molecule has 1 nitrogen and oxygen atoms in total. The molecule has 3 aromatic rings. The Morgan fingerprint density at radius 3 is 1.73 bits per heavy atom. The predicted octanol–water partition coefficient (Wildman–Crippen LogP) is 6.31. The van der Waals surface area contributed by atoms with Gasteiger partial charge in [-0.05, 0) is 46.0 Å². The zero-order valence-corrected chi connectivity index (χ0v) is 14.8. The summed E-state index contributed by atoms with van der Waals surface area (Å²) in [6.45, 7) is 0. The summed E-state index contributed by atoms with van der Waals surface area (Å²) >= 11 is 0. The Morgan fingerprint density at radius 2 is 1.12 bits per heavy atom. The van der Waals surface area contributed by atoms with Gasteiger partial charge in [-0.2, -0.15) is 0 Å². The maximum atomic E-state index is 2.21. The fourth-order valence-electron chi connectivity index (χ4n) is 3.37. The topological polar surface area (TPSA) is 3.24 Å². The van der Waals surface area contributed by atoms with Crippen molar-refractivity contribution in [2.45, 2.75) is 0 Å². The molecule has 3 aromatic carbocycles. The van der Waals surface area contributed by atoms with Crippen LogP contribution in [0.4, 0.5) is 5.69 Å². The minimum atomic E-state index is 1.18. The summed E-state index contributed by atoms with van der Waals surface area (Å²) in [7, 11) is 2.06. The number of anilines is 1. The predicted molar refractivity (Wildman–Crippen MR) is 112 cm³/mol. The van der Waals surface area contributed by atoms with Crippen molar-refractivity contribution in [1.29, 1.82) is 0 Å². The van der Waals surface area contributed by atoms with Gasteiger partial charge in [0.2, 0.25) is 0 Å². The van der Waals surface area contributed by atoms with Crippen molar-refractivity contribution in [2.75, 3.05) is 11.9 Å². The molecule has 0 saturated carbocycles. The number of allylic oxidation sites excluding steroid dienone is 4. The number of fused-ring (bicyclic) bond motifs is 3. The summed E-state index contributed by atoms with van der Waals surface area (Å²) in [5, 5.41) is 0. The standard InChI is InChI=1S/C25H21N/c1-26(20-12-4-2-5-13-20)19-11-3-6-14-21-22-15-7-9-17-24(22)25-18-10-8-16-23(21)25/h2-19H,1H3. The molecule has 4 rings (SSSR count). The van der Waals surface area contributed by atoms with Crippen molar-refractivity contribution in [3.8, 4) is 11.1 Å². The lowest BCUT2D eigenvalue weighted by molar-refractivity contribution is 1.20. The van der Waals surface area contributed by atoms with Gasteiger partial charge in [0.25, 0.3) is 0 Å². The molecule has 0 amide bonds. The number of hydrogen-bond acceptors (Lipinski definition) is 1. The van der Waals surface area contributed by atoms with Crippen LogP contribution in [0.2, 0.25) is 0 Å². The summed E-state index contributed by atoms with van der Waals surface area (Å²) in [4.78, 5) is 2.11. The third-order valence-electron chi connectivity index (χ3n) is 4.68. The highest BCUT2D eigenvalue weighted by molar-refractivity contribution is 6.01. The minimum Gasteiger partial charge on any atom is -0.351 e. The van der Waals surface area contributed by atoms with E-state index in [-0.39, 0.29) is 0 Å². The van der Waals surface area contributed by atoms with Crippen LogP contribution in [0, 0.1) is 0 Å². The molecular formula is C25H21N. The Hall–Kier alpha value is -3.32. The Labute approximate surface area is 155 Å². The lowest BCUT2D eigenvalue weighted by atomic mass is 10.0. The third-order valence-corrected chi connectivity index (χ3v) is 4.68. The van der Waals surface area contributed by atoms with Crippen LogP contribution in [0.5, 0.6) is 0 Å². The highest BCUT2D eigenvalue weighted by atomic mass is 15.1. The second-order valence-corrected chi connectivity index (χ2v) is 6.34. The minimum absolute atomic E-state index is 1.18. The lowest BCUT2D eigenvalue weighted by Crippen LogP contribution is -2.06. The quantitative estimate of drug-likeness (QED) is 0.395. The van der Waals surface area contributed by atoms with Crippen molar-refractivity contribution in [3.63, 3.8) is 0 Å². The third kappa shape index (κ3) is 3.12. The Bertz CT molecular complexity index is 946. The van der Waals surface area contributed by atoms with Gasteiger partial charge in [0.1, 0.15) is 0 Å². The molecular weight excluding hydrogens is 314 g/mol. The number of rotatable bonds is 4. The number of para-hydroxylation sites is 1. The van der Waals surface area contributed by atoms with Gasteiger partial charge in [-0.15, -0.1) is 0 Å². The molecule has 0 radical (unpaired) electrons. The number of benzene rings is 3. The summed E-state index contributed by atoms with van der Waals surface area (Å²) in [6, 6.07) is 27.6. The highest BCUT2D eigenvalue weighted by Crippen LogP contribution is 2.43. The van der Waals surface area contributed by atoms with E-state index in [4.69, 9.17) is 0 Å². The van der Waals surface area contributed by atoms with E-state index in [0.717, 1.165) is 0 Å². The van der Waals surface area contributed by atoms with Crippen LogP contribution in [0.1, 0.15) is 11.1 Å². The second kappa shape index (κ2) is 7.28. The molecule has 1 aliphatic carbocycles. The van der Waals surface area contributed by atoms with Crippen LogP contribution in [0.3, 0.4) is 0 Å². The first-order valence-electron chi connectivity index (χ1n) is 8.87. The van der Waals surface area contributed by atoms with E-state index in [1.165, 1.54) is 33.5 Å². The Balaban J connectivity index is 1.55. The highest BCUT2D eigenvalue weighted by Gasteiger charge is 2.21. The van der Waals surface area contributed by atoms with Crippen molar-refractivity contribution in [2.24, 2.45) is 0 Å². The molecule has 1 heteroatoms. The van der Waals surface area contributed by atoms with E-state index in [0.29, 0.717) is 0 Å². The van der Waals surface area contributed by atoms with E-state index < -0.39 is 0 Å². The summed E-state index contributed by atoms with van der Waals surface area (Å²) < 4.78 is 0. The van der Waals surface area contributed by atoms with Crippen LogP contribution in [-0.2, 0) is 0 Å². The van der Waals surface area contributed by atoms with Crippen LogP contribution >= 0.6 is 0 Å². The maximum Gasteiger partial charge on any atom is 0.0403 e. The molecule has 0 atom stereocenters. The average Bonchev–Trinajstić information content (AvgIpc) is 3.02. The number of nitrogens with zero attached hydrogens (tertiary/aromatic N) is 1. The first kappa shape index (κ1) is 16.2. The van der Waals surface area contributed by atoms with Crippen molar-refractivity contribution in [1.82, 2.24) is 0 Å². The molecule has 0 aromatic heterocycles. The van der Waals surface area contributed by atoms with Gasteiger partial charge in [0.15, 0.2) is 0 Å². The monoisotopic (exact) mass is 335 g/mol. The van der Waals surface area contributed by atoms with Gasteiger partial charge in [0, 0.05) is 18.9 Å². The van der Waals surface area contributed by atoms with Gasteiger partial charge >= 0.3 is 0 Å². The molecule has 0 N–H and O–H groups in total. The van der Waals surface area contributed by atoms with Crippen molar-refractivity contribution >= 4 is 11.3 Å². The van der Waals surface area contributed by atoms with Crippen molar-refractivity contribution in [3.05, 3.63) is 120 Å². The van der Waals surface area contributed by atoms with Crippen LogP contribution in [0.15, 0.2) is 109 Å². The summed E-state index contributed by atoms with van der Waals surface area (Å²) in [5.41, 5.74) is 7.73. The van der Waals surface area contributed by atoms with Gasteiger partial charge in [0.05, 0.1) is 0 Å². The molecule has 126 valence electrons. The first-order valence-corrected chi connectivity index (χ1v) is 8.87. The molecule has 0 spiro atoms. The van der Waals surface area contributed by atoms with Crippen LogP contribution < -0.4 is 4.90 Å².